The van der Waals surface area contributed by atoms with Crippen LogP contribution < -0.4 is 5.32 Å². The zero-order chi connectivity index (χ0) is 15.8. The van der Waals surface area contributed by atoms with Crippen LogP contribution in [0.4, 0.5) is 0 Å². The highest BCUT2D eigenvalue weighted by Gasteiger charge is 2.00. The summed E-state index contributed by atoms with van der Waals surface area (Å²) in [7, 11) is 0. The van der Waals surface area contributed by atoms with E-state index < -0.39 is 0 Å². The van der Waals surface area contributed by atoms with E-state index in [0.29, 0.717) is 5.75 Å². The van der Waals surface area contributed by atoms with E-state index in [1.165, 1.54) is 11.6 Å². The average molecular weight is 301 g/mol. The van der Waals surface area contributed by atoms with Crippen LogP contribution in [0.25, 0.3) is 0 Å². The molecule has 22 heavy (non-hydrogen) atoms. The van der Waals surface area contributed by atoms with Crippen molar-refractivity contribution in [3.8, 4) is 17.2 Å². The number of aromatic hydroxyl groups is 3. The second-order valence-electron chi connectivity index (χ2n) is 5.45. The van der Waals surface area contributed by atoms with E-state index in [-0.39, 0.29) is 11.5 Å². The molecule has 0 aromatic heterocycles. The van der Waals surface area contributed by atoms with E-state index in [1.54, 1.807) is 18.2 Å². The van der Waals surface area contributed by atoms with Crippen LogP contribution in [0, 0.1) is 0 Å². The lowest BCUT2D eigenvalue weighted by molar-refractivity contribution is 0.403. The molecule has 2 aromatic carbocycles. The number of benzene rings is 2. The van der Waals surface area contributed by atoms with Crippen LogP contribution in [-0.4, -0.2) is 28.4 Å². The summed E-state index contributed by atoms with van der Waals surface area (Å²) in [6.07, 6.45) is 4.05. The molecule has 0 atom stereocenters. The Labute approximate surface area is 131 Å². The van der Waals surface area contributed by atoms with Gasteiger partial charge in [-0.3, -0.25) is 0 Å². The van der Waals surface area contributed by atoms with Gasteiger partial charge in [0.1, 0.15) is 5.75 Å². The number of aryl methyl sites for hydroxylation is 1. The maximum Gasteiger partial charge on any atom is 0.157 e. The van der Waals surface area contributed by atoms with E-state index in [9.17, 15) is 15.3 Å². The fraction of sp³-hybridized carbons (Fsp3) is 0.333. The van der Waals surface area contributed by atoms with Crippen LogP contribution in [0.3, 0.4) is 0 Å². The van der Waals surface area contributed by atoms with Gasteiger partial charge in [0.05, 0.1) is 0 Å². The Hall–Kier alpha value is -2.20. The van der Waals surface area contributed by atoms with Crippen molar-refractivity contribution in [2.75, 3.05) is 13.1 Å². The Morgan fingerprint density at radius 3 is 2.14 bits per heavy atom. The third-order valence-corrected chi connectivity index (χ3v) is 3.64. The summed E-state index contributed by atoms with van der Waals surface area (Å²) in [6, 6.07) is 12.3. The van der Waals surface area contributed by atoms with E-state index in [1.807, 2.05) is 18.2 Å². The molecular formula is C18H23NO3. The lowest BCUT2D eigenvalue weighted by atomic mass is 10.1. The molecular weight excluding hydrogens is 278 g/mol. The molecule has 0 unspecified atom stereocenters. The van der Waals surface area contributed by atoms with Gasteiger partial charge in [0.2, 0.25) is 0 Å². The molecule has 0 saturated carbocycles. The minimum atomic E-state index is -0.0778. The standard InChI is InChI=1S/C18H23NO3/c20-16-7-4-14(5-8-16)3-1-2-11-19-12-10-15-6-9-17(21)18(22)13-15/h4-9,13,19-22H,1-3,10-12H2. The number of hydrogen-bond donors (Lipinski definition) is 4. The molecule has 0 saturated heterocycles. The molecule has 0 amide bonds. The van der Waals surface area contributed by atoms with Crippen molar-refractivity contribution in [1.82, 2.24) is 5.32 Å². The molecule has 0 bridgehead atoms. The van der Waals surface area contributed by atoms with Gasteiger partial charge in [-0.25, -0.2) is 0 Å². The number of phenolic OH excluding ortho intramolecular Hbond substituents is 3. The van der Waals surface area contributed by atoms with Gasteiger partial charge >= 0.3 is 0 Å². The Balaban J connectivity index is 1.55. The van der Waals surface area contributed by atoms with Crippen LogP contribution in [0.2, 0.25) is 0 Å². The van der Waals surface area contributed by atoms with Crippen molar-refractivity contribution in [1.29, 1.82) is 0 Å². The fourth-order valence-corrected chi connectivity index (χ4v) is 2.32. The van der Waals surface area contributed by atoms with E-state index in [2.05, 4.69) is 5.32 Å². The molecule has 0 fully saturated rings. The second-order valence-corrected chi connectivity index (χ2v) is 5.45. The predicted molar refractivity (Wildman–Crippen MR) is 87.4 cm³/mol. The largest absolute Gasteiger partial charge is 0.508 e. The zero-order valence-corrected chi connectivity index (χ0v) is 12.6. The van der Waals surface area contributed by atoms with Crippen LogP contribution in [-0.2, 0) is 12.8 Å². The molecule has 0 aliphatic rings. The maximum atomic E-state index is 9.41. The Morgan fingerprint density at radius 1 is 0.682 bits per heavy atom. The first-order valence-electron chi connectivity index (χ1n) is 7.64. The van der Waals surface area contributed by atoms with Crippen molar-refractivity contribution in [2.24, 2.45) is 0 Å². The van der Waals surface area contributed by atoms with Crippen LogP contribution >= 0.6 is 0 Å². The highest BCUT2D eigenvalue weighted by Crippen LogP contribution is 2.24. The van der Waals surface area contributed by atoms with Gasteiger partial charge in [-0.15, -0.1) is 0 Å². The molecule has 0 heterocycles. The summed E-state index contributed by atoms with van der Waals surface area (Å²) >= 11 is 0. The first-order valence-corrected chi connectivity index (χ1v) is 7.64. The van der Waals surface area contributed by atoms with Crippen molar-refractivity contribution < 1.29 is 15.3 Å². The highest BCUT2D eigenvalue weighted by atomic mass is 16.3. The molecule has 4 heteroatoms. The first-order chi connectivity index (χ1) is 10.6. The molecule has 0 aliphatic heterocycles. The Morgan fingerprint density at radius 2 is 1.41 bits per heavy atom. The summed E-state index contributed by atoms with van der Waals surface area (Å²) in [5.74, 6) is 0.169. The molecule has 0 spiro atoms. The van der Waals surface area contributed by atoms with Gasteiger partial charge in [-0.05, 0) is 74.2 Å². The normalized spacial score (nSPS) is 10.7. The molecule has 4 N–H and O–H groups in total. The Bertz CT molecular complexity index is 581. The number of phenols is 3. The predicted octanol–water partition coefficient (Wildman–Crippen LogP) is 2.96. The van der Waals surface area contributed by atoms with E-state index in [0.717, 1.165) is 44.3 Å². The Kier molecular flexibility index (Phi) is 6.10. The minimum Gasteiger partial charge on any atom is -0.508 e. The third-order valence-electron chi connectivity index (χ3n) is 3.64. The zero-order valence-electron chi connectivity index (χ0n) is 12.6. The van der Waals surface area contributed by atoms with Crippen molar-refractivity contribution in [3.63, 3.8) is 0 Å². The summed E-state index contributed by atoms with van der Waals surface area (Å²) < 4.78 is 0. The second kappa shape index (κ2) is 8.29. The van der Waals surface area contributed by atoms with Gasteiger partial charge in [-0.1, -0.05) is 18.2 Å². The number of unbranched alkanes of at least 4 members (excludes halogenated alkanes) is 1. The van der Waals surface area contributed by atoms with Gasteiger partial charge in [0, 0.05) is 0 Å². The molecule has 118 valence electrons. The lowest BCUT2D eigenvalue weighted by Gasteiger charge is -2.06. The first kappa shape index (κ1) is 16.2. The summed E-state index contributed by atoms with van der Waals surface area (Å²) in [5.41, 5.74) is 2.25. The summed E-state index contributed by atoms with van der Waals surface area (Å²) in [6.45, 7) is 1.81. The van der Waals surface area contributed by atoms with Crippen LogP contribution in [0.5, 0.6) is 17.2 Å². The number of nitrogens with one attached hydrogen (secondary N) is 1. The summed E-state index contributed by atoms with van der Waals surface area (Å²) in [4.78, 5) is 0. The SMILES string of the molecule is Oc1ccc(CCCCNCCc2ccc(O)c(O)c2)cc1. The van der Waals surface area contributed by atoms with Gasteiger partial charge in [0.25, 0.3) is 0 Å². The highest BCUT2D eigenvalue weighted by molar-refractivity contribution is 5.40. The molecule has 2 rings (SSSR count). The molecule has 0 radical (unpaired) electrons. The maximum absolute atomic E-state index is 9.41. The lowest BCUT2D eigenvalue weighted by Crippen LogP contribution is -2.18. The van der Waals surface area contributed by atoms with Crippen molar-refractivity contribution in [2.45, 2.75) is 25.7 Å². The number of hydrogen-bond acceptors (Lipinski definition) is 4. The van der Waals surface area contributed by atoms with Crippen molar-refractivity contribution >= 4 is 0 Å². The van der Waals surface area contributed by atoms with E-state index in [4.69, 9.17) is 0 Å². The topological polar surface area (TPSA) is 72.7 Å². The number of rotatable bonds is 8. The summed E-state index contributed by atoms with van der Waals surface area (Å²) in [5, 5.41) is 31.2. The average Bonchev–Trinajstić information content (AvgIpc) is 2.51. The van der Waals surface area contributed by atoms with Gasteiger partial charge < -0.3 is 20.6 Å². The fourth-order valence-electron chi connectivity index (χ4n) is 2.32. The smallest absolute Gasteiger partial charge is 0.157 e. The minimum absolute atomic E-state index is 0.0635. The molecule has 4 nitrogen and oxygen atoms in total. The monoisotopic (exact) mass is 301 g/mol. The van der Waals surface area contributed by atoms with Crippen molar-refractivity contribution in [3.05, 3.63) is 53.6 Å². The molecule has 0 aliphatic carbocycles. The molecule has 2 aromatic rings. The quantitative estimate of drug-likeness (QED) is 0.447. The van der Waals surface area contributed by atoms with Gasteiger partial charge in [-0.2, -0.15) is 0 Å². The van der Waals surface area contributed by atoms with Crippen LogP contribution in [0.15, 0.2) is 42.5 Å². The van der Waals surface area contributed by atoms with Crippen LogP contribution in [0.1, 0.15) is 24.0 Å². The third kappa shape index (κ3) is 5.30. The van der Waals surface area contributed by atoms with E-state index >= 15 is 0 Å². The van der Waals surface area contributed by atoms with Gasteiger partial charge in [0.15, 0.2) is 11.5 Å².